The van der Waals surface area contributed by atoms with Crippen LogP contribution in [0.1, 0.15) is 25.8 Å². The summed E-state index contributed by atoms with van der Waals surface area (Å²) >= 11 is 0. The van der Waals surface area contributed by atoms with Gasteiger partial charge in [-0.3, -0.25) is 9.38 Å². The lowest BCUT2D eigenvalue weighted by Gasteiger charge is -2.13. The fourth-order valence-electron chi connectivity index (χ4n) is 1.87. The van der Waals surface area contributed by atoms with Crippen molar-refractivity contribution in [1.82, 2.24) is 10.6 Å². The molecule has 23 heavy (non-hydrogen) atoms. The Balaban J connectivity index is 0.00000484. The van der Waals surface area contributed by atoms with Crippen LogP contribution in [0.15, 0.2) is 35.3 Å². The van der Waals surface area contributed by atoms with E-state index in [0.29, 0.717) is 38.6 Å². The quantitative estimate of drug-likeness (QED) is 0.255. The number of benzene rings is 1. The van der Waals surface area contributed by atoms with Gasteiger partial charge in [-0.1, -0.05) is 37.3 Å². The predicted octanol–water partition coefficient (Wildman–Crippen LogP) is 3.37. The van der Waals surface area contributed by atoms with Crippen LogP contribution in [0.5, 0.6) is 0 Å². The lowest BCUT2D eigenvalue weighted by Crippen LogP contribution is -2.38. The summed E-state index contributed by atoms with van der Waals surface area (Å²) in [7, 11) is 0. The average molecular weight is 437 g/mol. The van der Waals surface area contributed by atoms with E-state index < -0.39 is 0 Å². The first-order valence-electron chi connectivity index (χ1n) is 7.96. The van der Waals surface area contributed by atoms with Crippen molar-refractivity contribution in [2.75, 3.05) is 32.9 Å². The predicted molar refractivity (Wildman–Crippen MR) is 105 cm³/mol. The van der Waals surface area contributed by atoms with Crippen LogP contribution in [0.2, 0.25) is 0 Å². The lowest BCUT2D eigenvalue weighted by atomic mass is 10.2. The minimum Gasteiger partial charge on any atom is -0.376 e. The van der Waals surface area contributed by atoms with Crippen LogP contribution < -0.4 is 10.6 Å². The van der Waals surface area contributed by atoms with Crippen molar-refractivity contribution < 1.29 is 9.13 Å². The van der Waals surface area contributed by atoms with Crippen LogP contribution in [0.4, 0.5) is 4.39 Å². The number of rotatable bonds is 10. The summed E-state index contributed by atoms with van der Waals surface area (Å²) < 4.78 is 17.8. The van der Waals surface area contributed by atoms with E-state index >= 15 is 0 Å². The normalized spacial score (nSPS) is 12.4. The number of guanidine groups is 1. The maximum atomic E-state index is 12.1. The maximum Gasteiger partial charge on any atom is 0.191 e. The third-order valence-corrected chi connectivity index (χ3v) is 3.02. The Morgan fingerprint density at radius 3 is 2.65 bits per heavy atom. The Labute approximate surface area is 156 Å². The van der Waals surface area contributed by atoms with Gasteiger partial charge >= 0.3 is 0 Å². The molecule has 0 amide bonds. The van der Waals surface area contributed by atoms with Crippen LogP contribution >= 0.6 is 24.0 Å². The highest BCUT2D eigenvalue weighted by molar-refractivity contribution is 14.0. The molecule has 132 valence electrons. The van der Waals surface area contributed by atoms with E-state index in [2.05, 4.69) is 34.7 Å². The number of aliphatic imine (C=N–C) groups is 1. The van der Waals surface area contributed by atoms with Gasteiger partial charge in [-0.05, 0) is 24.8 Å². The van der Waals surface area contributed by atoms with Gasteiger partial charge in [0.15, 0.2) is 5.96 Å². The Hall–Kier alpha value is -0.890. The van der Waals surface area contributed by atoms with Crippen molar-refractivity contribution in [1.29, 1.82) is 0 Å². The van der Waals surface area contributed by atoms with Crippen LogP contribution in [0, 0.1) is 5.92 Å². The van der Waals surface area contributed by atoms with Gasteiger partial charge in [-0.15, -0.1) is 24.0 Å². The van der Waals surface area contributed by atoms with Crippen molar-refractivity contribution in [3.63, 3.8) is 0 Å². The Kier molecular flexibility index (Phi) is 14.1. The standard InChI is InChI=1S/C17H28FN3O.HI/c1-3-19-17(20-11-7-10-18)21-12-15(2)13-22-14-16-8-5-4-6-9-16;/h4-6,8-9,15H,3,7,10-14H2,1-2H3,(H2,19,20,21);1H. The molecule has 0 saturated heterocycles. The van der Waals surface area contributed by atoms with Gasteiger partial charge in [0.25, 0.3) is 0 Å². The molecule has 0 aromatic heterocycles. The molecule has 0 fully saturated rings. The highest BCUT2D eigenvalue weighted by Crippen LogP contribution is 2.03. The van der Waals surface area contributed by atoms with Gasteiger partial charge in [0.2, 0.25) is 0 Å². The summed E-state index contributed by atoms with van der Waals surface area (Å²) in [6.07, 6.45) is 0.500. The topological polar surface area (TPSA) is 45.7 Å². The molecule has 4 nitrogen and oxygen atoms in total. The van der Waals surface area contributed by atoms with Crippen molar-refractivity contribution in [2.45, 2.75) is 26.9 Å². The number of nitrogens with zero attached hydrogens (tertiary/aromatic N) is 1. The number of alkyl halides is 1. The fourth-order valence-corrected chi connectivity index (χ4v) is 1.87. The summed E-state index contributed by atoms with van der Waals surface area (Å²) in [5, 5.41) is 6.27. The average Bonchev–Trinajstić information content (AvgIpc) is 2.54. The number of hydrogen-bond acceptors (Lipinski definition) is 2. The first-order valence-corrected chi connectivity index (χ1v) is 7.96. The smallest absolute Gasteiger partial charge is 0.191 e. The summed E-state index contributed by atoms with van der Waals surface area (Å²) in [5.41, 5.74) is 1.18. The van der Waals surface area contributed by atoms with Crippen LogP contribution in [-0.2, 0) is 11.3 Å². The van der Waals surface area contributed by atoms with Gasteiger partial charge in [-0.25, -0.2) is 0 Å². The van der Waals surface area contributed by atoms with Gasteiger partial charge in [-0.2, -0.15) is 0 Å². The molecule has 0 saturated carbocycles. The maximum absolute atomic E-state index is 12.1. The molecule has 2 N–H and O–H groups in total. The molecule has 1 aromatic carbocycles. The lowest BCUT2D eigenvalue weighted by molar-refractivity contribution is 0.0945. The van der Waals surface area contributed by atoms with Crippen LogP contribution in [-0.4, -0.2) is 38.9 Å². The van der Waals surface area contributed by atoms with Crippen LogP contribution in [0.3, 0.4) is 0 Å². The summed E-state index contributed by atoms with van der Waals surface area (Å²) in [5.74, 6) is 1.08. The van der Waals surface area contributed by atoms with Crippen molar-refractivity contribution in [2.24, 2.45) is 10.9 Å². The molecule has 0 bridgehead atoms. The molecule has 0 aliphatic rings. The van der Waals surface area contributed by atoms with E-state index in [-0.39, 0.29) is 30.7 Å². The first-order chi connectivity index (χ1) is 10.8. The molecule has 0 aliphatic carbocycles. The van der Waals surface area contributed by atoms with Crippen LogP contribution in [0.25, 0.3) is 0 Å². The molecule has 0 aliphatic heterocycles. The van der Waals surface area contributed by atoms with E-state index in [1.54, 1.807) is 0 Å². The van der Waals surface area contributed by atoms with E-state index in [1.807, 2.05) is 25.1 Å². The van der Waals surface area contributed by atoms with E-state index in [1.165, 1.54) is 5.56 Å². The SMILES string of the molecule is CCNC(=NCC(C)COCc1ccccc1)NCCCF.I. The number of ether oxygens (including phenoxy) is 1. The largest absolute Gasteiger partial charge is 0.376 e. The third-order valence-electron chi connectivity index (χ3n) is 3.02. The second-order valence-corrected chi connectivity index (χ2v) is 5.29. The van der Waals surface area contributed by atoms with E-state index in [0.717, 1.165) is 12.5 Å². The zero-order chi connectivity index (χ0) is 16.0. The Morgan fingerprint density at radius 2 is 2.00 bits per heavy atom. The molecule has 0 spiro atoms. The third kappa shape index (κ3) is 11.3. The second-order valence-electron chi connectivity index (χ2n) is 5.29. The minimum absolute atomic E-state index is 0. The van der Waals surface area contributed by atoms with Gasteiger partial charge in [0.1, 0.15) is 0 Å². The highest BCUT2D eigenvalue weighted by atomic mass is 127. The highest BCUT2D eigenvalue weighted by Gasteiger charge is 2.03. The monoisotopic (exact) mass is 437 g/mol. The number of halogens is 2. The molecular weight excluding hydrogens is 408 g/mol. The zero-order valence-corrected chi connectivity index (χ0v) is 16.4. The molecule has 0 radical (unpaired) electrons. The Bertz CT molecular complexity index is 418. The van der Waals surface area contributed by atoms with E-state index in [4.69, 9.17) is 4.74 Å². The van der Waals surface area contributed by atoms with Gasteiger partial charge < -0.3 is 15.4 Å². The number of hydrogen-bond donors (Lipinski definition) is 2. The van der Waals surface area contributed by atoms with Gasteiger partial charge in [0, 0.05) is 19.6 Å². The molecule has 1 rings (SSSR count). The van der Waals surface area contributed by atoms with Crippen molar-refractivity contribution in [3.05, 3.63) is 35.9 Å². The fraction of sp³-hybridized carbons (Fsp3) is 0.588. The molecule has 1 unspecified atom stereocenters. The molecule has 6 heteroatoms. The minimum atomic E-state index is -0.309. The molecule has 1 atom stereocenters. The molecule has 1 aromatic rings. The zero-order valence-electron chi connectivity index (χ0n) is 14.1. The summed E-state index contributed by atoms with van der Waals surface area (Å²) in [4.78, 5) is 4.50. The first kappa shape index (κ1) is 22.1. The summed E-state index contributed by atoms with van der Waals surface area (Å²) in [6.45, 7) is 7.18. The Morgan fingerprint density at radius 1 is 1.26 bits per heavy atom. The van der Waals surface area contributed by atoms with Crippen molar-refractivity contribution >= 4 is 29.9 Å². The molecule has 0 heterocycles. The van der Waals surface area contributed by atoms with Gasteiger partial charge in [0.05, 0.1) is 19.9 Å². The molecular formula is C17H29FIN3O. The van der Waals surface area contributed by atoms with Crippen molar-refractivity contribution in [3.8, 4) is 0 Å². The summed E-state index contributed by atoms with van der Waals surface area (Å²) in [6, 6.07) is 10.1. The number of nitrogens with one attached hydrogen (secondary N) is 2. The second kappa shape index (κ2) is 14.7. The van der Waals surface area contributed by atoms with E-state index in [9.17, 15) is 4.39 Å².